The monoisotopic (exact) mass is 290 g/mol. The molecule has 0 aromatic heterocycles. The average Bonchev–Trinajstić information content (AvgIpc) is 3.38. The number of allylic oxidation sites excluding steroid dienone is 3. The van der Waals surface area contributed by atoms with Crippen molar-refractivity contribution >= 4 is 0 Å². The molecule has 21 heavy (non-hydrogen) atoms. The third kappa shape index (κ3) is 6.58. The minimum Gasteiger partial charge on any atom is -0.375 e. The molecule has 0 aliphatic heterocycles. The molecule has 2 aliphatic carbocycles. The van der Waals surface area contributed by atoms with Gasteiger partial charge in [0.1, 0.15) is 0 Å². The van der Waals surface area contributed by atoms with Gasteiger partial charge in [-0.2, -0.15) is 0 Å². The highest BCUT2D eigenvalue weighted by atomic mass is 15.1. The van der Waals surface area contributed by atoms with Gasteiger partial charge in [-0.15, -0.1) is 0 Å². The lowest BCUT2D eigenvalue weighted by atomic mass is 9.99. The Kier molecular flexibility index (Phi) is 6.66. The molecule has 120 valence electrons. The highest BCUT2D eigenvalue weighted by molar-refractivity contribution is 5.27. The summed E-state index contributed by atoms with van der Waals surface area (Å²) in [7, 11) is 2.02. The van der Waals surface area contributed by atoms with E-state index in [2.05, 4.69) is 30.6 Å². The summed E-state index contributed by atoms with van der Waals surface area (Å²) in [5.74, 6) is 2.30. The van der Waals surface area contributed by atoms with E-state index in [1.54, 1.807) is 11.1 Å². The van der Waals surface area contributed by atoms with Gasteiger partial charge in [0.2, 0.25) is 0 Å². The van der Waals surface area contributed by atoms with Crippen LogP contribution in [0, 0.1) is 5.92 Å². The molecule has 0 heterocycles. The van der Waals surface area contributed by atoms with E-state index in [-0.39, 0.29) is 0 Å². The molecule has 0 saturated heterocycles. The quantitative estimate of drug-likeness (QED) is 0.418. The van der Waals surface area contributed by atoms with Crippen molar-refractivity contribution in [2.24, 2.45) is 5.92 Å². The molecule has 2 fully saturated rings. The van der Waals surface area contributed by atoms with Gasteiger partial charge in [0.05, 0.1) is 5.82 Å². The van der Waals surface area contributed by atoms with E-state index >= 15 is 0 Å². The van der Waals surface area contributed by atoms with Crippen molar-refractivity contribution in [2.75, 3.05) is 7.05 Å². The maximum absolute atomic E-state index is 3.59. The van der Waals surface area contributed by atoms with Crippen molar-refractivity contribution in [3.8, 4) is 0 Å². The van der Waals surface area contributed by atoms with Crippen LogP contribution in [0.5, 0.6) is 0 Å². The van der Waals surface area contributed by atoms with E-state index < -0.39 is 0 Å². The van der Waals surface area contributed by atoms with Crippen LogP contribution in [-0.2, 0) is 0 Å². The van der Waals surface area contributed by atoms with Crippen LogP contribution in [0.1, 0.15) is 78.1 Å². The van der Waals surface area contributed by atoms with Crippen LogP contribution in [-0.4, -0.2) is 13.1 Å². The zero-order valence-corrected chi connectivity index (χ0v) is 14.3. The molecule has 2 N–H and O–H groups in total. The van der Waals surface area contributed by atoms with Crippen molar-refractivity contribution in [1.29, 1.82) is 0 Å². The zero-order valence-electron chi connectivity index (χ0n) is 14.3. The Bertz CT molecular complexity index is 373. The fraction of sp³-hybridized carbons (Fsp3) is 0.789. The zero-order chi connectivity index (χ0) is 15.1. The van der Waals surface area contributed by atoms with Gasteiger partial charge in [-0.05, 0) is 56.6 Å². The minimum absolute atomic E-state index is 0.713. The van der Waals surface area contributed by atoms with Crippen LogP contribution >= 0.6 is 0 Å². The highest BCUT2D eigenvalue weighted by Gasteiger charge is 2.21. The molecule has 0 spiro atoms. The lowest BCUT2D eigenvalue weighted by Gasteiger charge is -2.13. The first-order chi connectivity index (χ1) is 10.2. The first-order valence-electron chi connectivity index (χ1n) is 9.07. The van der Waals surface area contributed by atoms with Gasteiger partial charge in [-0.1, -0.05) is 44.6 Å². The summed E-state index contributed by atoms with van der Waals surface area (Å²) < 4.78 is 0. The highest BCUT2D eigenvalue weighted by Crippen LogP contribution is 2.34. The summed E-state index contributed by atoms with van der Waals surface area (Å²) in [4.78, 5) is 0. The maximum Gasteiger partial charge on any atom is 0.0988 e. The summed E-state index contributed by atoms with van der Waals surface area (Å²) in [6.45, 7) is 4.56. The molecule has 0 amide bonds. The smallest absolute Gasteiger partial charge is 0.0988 e. The van der Waals surface area contributed by atoms with E-state index in [9.17, 15) is 0 Å². The fourth-order valence-corrected chi connectivity index (χ4v) is 2.78. The Balaban J connectivity index is 1.79. The number of hydrogen-bond donors (Lipinski definition) is 2. The van der Waals surface area contributed by atoms with Gasteiger partial charge in [-0.25, -0.2) is 0 Å². The first-order valence-corrected chi connectivity index (χ1v) is 9.07. The Morgan fingerprint density at radius 3 is 2.43 bits per heavy atom. The third-order valence-corrected chi connectivity index (χ3v) is 4.86. The number of rotatable bonds is 11. The van der Waals surface area contributed by atoms with Crippen LogP contribution in [0.3, 0.4) is 0 Å². The summed E-state index contributed by atoms with van der Waals surface area (Å²) in [5.41, 5.74) is 3.09. The molecular formula is C19H34N2. The maximum atomic E-state index is 3.59. The molecule has 0 atom stereocenters. The molecule has 0 bridgehead atoms. The van der Waals surface area contributed by atoms with Crippen molar-refractivity contribution in [3.63, 3.8) is 0 Å². The van der Waals surface area contributed by atoms with Crippen molar-refractivity contribution < 1.29 is 0 Å². The largest absolute Gasteiger partial charge is 0.375 e. The fourth-order valence-electron chi connectivity index (χ4n) is 2.78. The van der Waals surface area contributed by atoms with E-state index in [0.717, 1.165) is 12.3 Å². The lowest BCUT2D eigenvalue weighted by molar-refractivity contribution is 0.602. The molecule has 2 nitrogen and oxygen atoms in total. The van der Waals surface area contributed by atoms with Gasteiger partial charge in [0.15, 0.2) is 0 Å². The second kappa shape index (κ2) is 8.51. The average molecular weight is 290 g/mol. The molecule has 0 aromatic rings. The van der Waals surface area contributed by atoms with E-state index in [1.807, 2.05) is 7.05 Å². The van der Waals surface area contributed by atoms with Gasteiger partial charge < -0.3 is 10.6 Å². The van der Waals surface area contributed by atoms with E-state index in [4.69, 9.17) is 0 Å². The Labute approximate surface area is 131 Å². The number of unbranched alkanes of at least 4 members (excludes halogenated alkanes) is 2. The van der Waals surface area contributed by atoms with Crippen LogP contribution in [0.2, 0.25) is 0 Å². The number of nitrogens with one attached hydrogen (secondary N) is 2. The SMILES string of the molecule is CC/C(C)=C(/C=C(\NC)NC1CC1)CCCCCC1CC1. The Hall–Kier alpha value is -0.920. The van der Waals surface area contributed by atoms with E-state index in [1.165, 1.54) is 63.6 Å². The normalized spacial score (nSPS) is 20.2. The molecule has 0 radical (unpaired) electrons. The van der Waals surface area contributed by atoms with Crippen LogP contribution in [0.25, 0.3) is 0 Å². The van der Waals surface area contributed by atoms with Crippen LogP contribution in [0.4, 0.5) is 0 Å². The standard InChI is InChI=1S/C19H34N2/c1-4-15(2)17(9-7-5-6-8-16-10-11-16)14-19(20-3)21-18-12-13-18/h14,16,18,20-21H,4-13H2,1-3H3/b17-15+,19-14+. The second-order valence-corrected chi connectivity index (χ2v) is 6.93. The molecule has 2 aliphatic rings. The van der Waals surface area contributed by atoms with Crippen molar-refractivity contribution in [2.45, 2.75) is 84.1 Å². The van der Waals surface area contributed by atoms with Gasteiger partial charge >= 0.3 is 0 Å². The predicted octanol–water partition coefficient (Wildman–Crippen LogP) is 4.89. The molecule has 0 aromatic carbocycles. The molecule has 2 saturated carbocycles. The minimum atomic E-state index is 0.713. The summed E-state index contributed by atoms with van der Waals surface area (Å²) >= 11 is 0. The molecule has 0 unspecified atom stereocenters. The number of hydrogen-bond acceptors (Lipinski definition) is 2. The predicted molar refractivity (Wildman–Crippen MR) is 92.1 cm³/mol. The molecular weight excluding hydrogens is 256 g/mol. The van der Waals surface area contributed by atoms with E-state index in [0.29, 0.717) is 6.04 Å². The Morgan fingerprint density at radius 2 is 1.86 bits per heavy atom. The summed E-state index contributed by atoms with van der Waals surface area (Å²) in [6, 6.07) is 0.713. The third-order valence-electron chi connectivity index (χ3n) is 4.86. The topological polar surface area (TPSA) is 24.1 Å². The second-order valence-electron chi connectivity index (χ2n) is 6.93. The van der Waals surface area contributed by atoms with Crippen molar-refractivity contribution in [1.82, 2.24) is 10.6 Å². The molecule has 2 rings (SSSR count). The Morgan fingerprint density at radius 1 is 1.10 bits per heavy atom. The van der Waals surface area contributed by atoms with Gasteiger partial charge in [-0.3, -0.25) is 0 Å². The van der Waals surface area contributed by atoms with Gasteiger partial charge in [0.25, 0.3) is 0 Å². The first kappa shape index (κ1) is 16.5. The summed E-state index contributed by atoms with van der Waals surface area (Å²) in [5, 5.41) is 6.91. The molecule has 2 heteroatoms. The van der Waals surface area contributed by atoms with Crippen LogP contribution < -0.4 is 10.6 Å². The summed E-state index contributed by atoms with van der Waals surface area (Å²) in [6.07, 6.45) is 16.1. The van der Waals surface area contributed by atoms with Crippen LogP contribution in [0.15, 0.2) is 23.0 Å². The van der Waals surface area contributed by atoms with Crippen molar-refractivity contribution in [3.05, 3.63) is 23.0 Å². The van der Waals surface area contributed by atoms with Gasteiger partial charge in [0, 0.05) is 13.1 Å². The lowest BCUT2D eigenvalue weighted by Crippen LogP contribution is -2.25.